The summed E-state index contributed by atoms with van der Waals surface area (Å²) in [5.41, 5.74) is 2.13. The van der Waals surface area contributed by atoms with Crippen molar-refractivity contribution in [1.82, 2.24) is 10.3 Å². The van der Waals surface area contributed by atoms with Crippen molar-refractivity contribution in [2.75, 3.05) is 0 Å². The summed E-state index contributed by atoms with van der Waals surface area (Å²) in [7, 11) is 0. The molecule has 0 aliphatic carbocycles. The lowest BCUT2D eigenvalue weighted by atomic mass is 9.94. The number of hydrogen-bond acceptors (Lipinski definition) is 3. The number of amides is 2. The molecule has 130 valence electrons. The third-order valence-corrected chi connectivity index (χ3v) is 5.11. The zero-order valence-electron chi connectivity index (χ0n) is 13.3. The SMILES string of the molecule is O=C1NC(=O)C(=C(Cc2cc(F)ccc2F)c2cccc3[nH]ccc23)S1. The number of fused-ring (bicyclic) bond motifs is 1. The normalized spacial score (nSPS) is 16.2. The number of H-pyrrole nitrogens is 1. The van der Waals surface area contributed by atoms with Crippen molar-refractivity contribution in [3.05, 3.63) is 76.3 Å². The molecular formula is C19H12F2N2O2S. The average Bonchev–Trinajstić information content (AvgIpc) is 3.21. The lowest BCUT2D eigenvalue weighted by Gasteiger charge is -2.12. The minimum atomic E-state index is -0.569. The van der Waals surface area contributed by atoms with Crippen molar-refractivity contribution in [1.29, 1.82) is 0 Å². The van der Waals surface area contributed by atoms with Crippen molar-refractivity contribution in [3.8, 4) is 0 Å². The van der Waals surface area contributed by atoms with Gasteiger partial charge in [0.2, 0.25) is 0 Å². The van der Waals surface area contributed by atoms with Crippen molar-refractivity contribution in [2.24, 2.45) is 0 Å². The number of aromatic nitrogens is 1. The van der Waals surface area contributed by atoms with E-state index in [9.17, 15) is 18.4 Å². The van der Waals surface area contributed by atoms with Gasteiger partial charge < -0.3 is 4.98 Å². The number of imide groups is 1. The molecule has 2 amide bonds. The second-order valence-corrected chi connectivity index (χ2v) is 6.79. The number of thioether (sulfide) groups is 1. The molecular weight excluding hydrogens is 358 g/mol. The van der Waals surface area contributed by atoms with Crippen LogP contribution in [0, 0.1) is 11.6 Å². The summed E-state index contributed by atoms with van der Waals surface area (Å²) < 4.78 is 27.8. The summed E-state index contributed by atoms with van der Waals surface area (Å²) in [5, 5.41) is 2.57. The van der Waals surface area contributed by atoms with E-state index in [4.69, 9.17) is 0 Å². The highest BCUT2D eigenvalue weighted by Gasteiger charge is 2.30. The number of rotatable bonds is 3. The first kappa shape index (κ1) is 16.5. The van der Waals surface area contributed by atoms with Gasteiger partial charge >= 0.3 is 0 Å². The molecule has 1 fully saturated rings. The zero-order valence-corrected chi connectivity index (χ0v) is 14.1. The highest BCUT2D eigenvalue weighted by atomic mass is 32.2. The van der Waals surface area contributed by atoms with Crippen LogP contribution in [0.25, 0.3) is 16.5 Å². The van der Waals surface area contributed by atoms with Crippen LogP contribution in [-0.4, -0.2) is 16.1 Å². The monoisotopic (exact) mass is 370 g/mol. The molecule has 1 aromatic heterocycles. The number of halogens is 2. The van der Waals surface area contributed by atoms with E-state index in [1.807, 2.05) is 12.1 Å². The number of carbonyl (C=O) groups excluding carboxylic acids is 2. The molecule has 1 saturated heterocycles. The number of allylic oxidation sites excluding steroid dienone is 1. The second kappa shape index (κ2) is 6.42. The maximum Gasteiger partial charge on any atom is 0.290 e. The van der Waals surface area contributed by atoms with Crippen molar-refractivity contribution < 1.29 is 18.4 Å². The minimum Gasteiger partial charge on any atom is -0.361 e. The molecule has 0 saturated carbocycles. The number of hydrogen-bond donors (Lipinski definition) is 2. The van der Waals surface area contributed by atoms with Gasteiger partial charge in [0.05, 0.1) is 4.91 Å². The van der Waals surface area contributed by atoms with Crippen LogP contribution in [0.1, 0.15) is 11.1 Å². The first-order valence-electron chi connectivity index (χ1n) is 7.79. The van der Waals surface area contributed by atoms with E-state index >= 15 is 0 Å². The molecule has 0 unspecified atom stereocenters. The number of benzene rings is 2. The lowest BCUT2D eigenvalue weighted by molar-refractivity contribution is -0.115. The molecule has 1 aliphatic rings. The Hall–Kier alpha value is -2.93. The van der Waals surface area contributed by atoms with E-state index in [0.29, 0.717) is 11.1 Å². The van der Waals surface area contributed by atoms with Crippen LogP contribution in [0.2, 0.25) is 0 Å². The lowest BCUT2D eigenvalue weighted by Crippen LogP contribution is -2.18. The first-order valence-corrected chi connectivity index (χ1v) is 8.61. The van der Waals surface area contributed by atoms with Gasteiger partial charge in [0.25, 0.3) is 11.1 Å². The molecule has 4 nitrogen and oxygen atoms in total. The molecule has 0 spiro atoms. The Kier molecular flexibility index (Phi) is 4.08. The van der Waals surface area contributed by atoms with Crippen molar-refractivity contribution in [3.63, 3.8) is 0 Å². The van der Waals surface area contributed by atoms with Gasteiger partial charge in [-0.3, -0.25) is 14.9 Å². The van der Waals surface area contributed by atoms with Crippen LogP contribution in [0.5, 0.6) is 0 Å². The van der Waals surface area contributed by atoms with Gasteiger partial charge in [-0.05, 0) is 58.8 Å². The molecule has 2 heterocycles. The predicted octanol–water partition coefficient (Wildman–Crippen LogP) is 4.38. The first-order chi connectivity index (χ1) is 12.5. The second-order valence-electron chi connectivity index (χ2n) is 5.81. The number of nitrogens with one attached hydrogen (secondary N) is 2. The fraction of sp³-hybridized carbons (Fsp3) is 0.0526. The van der Waals surface area contributed by atoms with Crippen LogP contribution in [-0.2, 0) is 11.2 Å². The van der Waals surface area contributed by atoms with Crippen LogP contribution in [0.15, 0.2) is 53.6 Å². The zero-order chi connectivity index (χ0) is 18.3. The molecule has 26 heavy (non-hydrogen) atoms. The third-order valence-electron chi connectivity index (χ3n) is 4.19. The Labute approximate surface area is 151 Å². The van der Waals surface area contributed by atoms with Gasteiger partial charge in [0, 0.05) is 23.5 Å². The van der Waals surface area contributed by atoms with Crippen LogP contribution >= 0.6 is 11.8 Å². The molecule has 0 atom stereocenters. The Balaban J connectivity index is 1.92. The minimum absolute atomic E-state index is 0.0169. The quantitative estimate of drug-likeness (QED) is 0.673. The molecule has 2 N–H and O–H groups in total. The maximum absolute atomic E-state index is 14.2. The average molecular weight is 370 g/mol. The standard InChI is InChI=1S/C19H12F2N2O2S/c20-11-4-5-15(21)10(8-11)9-14(17-18(24)23-19(25)26-17)12-2-1-3-16-13(12)6-7-22-16/h1-8,22H,9H2,(H,23,24,25). The molecule has 0 radical (unpaired) electrons. The summed E-state index contributed by atoms with van der Waals surface area (Å²) >= 11 is 0.771. The summed E-state index contributed by atoms with van der Waals surface area (Å²) in [6, 6.07) is 10.5. The van der Waals surface area contributed by atoms with Gasteiger partial charge in [0.15, 0.2) is 0 Å². The van der Waals surface area contributed by atoms with E-state index in [2.05, 4.69) is 10.3 Å². The third kappa shape index (κ3) is 2.90. The Morgan fingerprint density at radius 1 is 1.08 bits per heavy atom. The van der Waals surface area contributed by atoms with E-state index in [-0.39, 0.29) is 16.9 Å². The predicted molar refractivity (Wildman–Crippen MR) is 96.4 cm³/mol. The van der Waals surface area contributed by atoms with Gasteiger partial charge in [-0.2, -0.15) is 0 Å². The number of aromatic amines is 1. The van der Waals surface area contributed by atoms with Crippen molar-refractivity contribution >= 4 is 39.4 Å². The van der Waals surface area contributed by atoms with E-state index in [1.165, 1.54) is 0 Å². The van der Waals surface area contributed by atoms with Gasteiger partial charge in [0.1, 0.15) is 11.6 Å². The number of carbonyl (C=O) groups is 2. The largest absolute Gasteiger partial charge is 0.361 e. The fourth-order valence-electron chi connectivity index (χ4n) is 3.03. The van der Waals surface area contributed by atoms with Gasteiger partial charge in [-0.1, -0.05) is 12.1 Å². The Morgan fingerprint density at radius 2 is 1.92 bits per heavy atom. The fourth-order valence-corrected chi connectivity index (χ4v) is 3.81. The molecule has 3 aromatic rings. The van der Waals surface area contributed by atoms with Crippen LogP contribution in [0.3, 0.4) is 0 Å². The summed E-state index contributed by atoms with van der Waals surface area (Å²) in [5.74, 6) is -1.66. The smallest absolute Gasteiger partial charge is 0.290 e. The van der Waals surface area contributed by atoms with Crippen LogP contribution < -0.4 is 5.32 Å². The van der Waals surface area contributed by atoms with E-state index in [0.717, 1.165) is 40.9 Å². The van der Waals surface area contributed by atoms with Gasteiger partial charge in [-0.15, -0.1) is 0 Å². The molecule has 2 aromatic carbocycles. The molecule has 7 heteroatoms. The summed E-state index contributed by atoms with van der Waals surface area (Å²) in [4.78, 5) is 27.2. The van der Waals surface area contributed by atoms with E-state index in [1.54, 1.807) is 18.3 Å². The highest BCUT2D eigenvalue weighted by Crippen LogP contribution is 2.37. The summed E-state index contributed by atoms with van der Waals surface area (Å²) in [6.07, 6.45) is 1.74. The van der Waals surface area contributed by atoms with Gasteiger partial charge in [-0.25, -0.2) is 8.78 Å². The maximum atomic E-state index is 14.2. The van der Waals surface area contributed by atoms with Crippen LogP contribution in [0.4, 0.5) is 13.6 Å². The Morgan fingerprint density at radius 3 is 2.69 bits per heavy atom. The Bertz CT molecular complexity index is 1090. The summed E-state index contributed by atoms with van der Waals surface area (Å²) in [6.45, 7) is 0. The topological polar surface area (TPSA) is 62.0 Å². The highest BCUT2D eigenvalue weighted by molar-refractivity contribution is 8.18. The molecule has 1 aliphatic heterocycles. The van der Waals surface area contributed by atoms with E-state index < -0.39 is 22.8 Å². The molecule has 0 bridgehead atoms. The van der Waals surface area contributed by atoms with Crippen molar-refractivity contribution in [2.45, 2.75) is 6.42 Å². The molecule has 4 rings (SSSR count).